The Bertz CT molecular complexity index is 1580. The van der Waals surface area contributed by atoms with Gasteiger partial charge in [0.15, 0.2) is 0 Å². The number of likely N-dealkylation sites (tertiary alicyclic amines) is 1. The predicted octanol–water partition coefficient (Wildman–Crippen LogP) is 6.55. The van der Waals surface area contributed by atoms with Gasteiger partial charge in [-0.15, -0.1) is 0 Å². The molecule has 39 heavy (non-hydrogen) atoms. The fourth-order valence-electron chi connectivity index (χ4n) is 4.75. The van der Waals surface area contributed by atoms with Crippen LogP contribution in [0.4, 0.5) is 16.2 Å². The highest BCUT2D eigenvalue weighted by molar-refractivity contribution is 6.30. The number of carbonyl (C=O) groups excluding carboxylic acids is 1. The van der Waals surface area contributed by atoms with E-state index in [1.165, 1.54) is 0 Å². The van der Waals surface area contributed by atoms with Crippen molar-refractivity contribution in [1.29, 1.82) is 0 Å². The number of amides is 2. The molecule has 0 bridgehead atoms. The van der Waals surface area contributed by atoms with E-state index in [4.69, 9.17) is 25.5 Å². The molecule has 0 spiro atoms. The van der Waals surface area contributed by atoms with Crippen LogP contribution < -0.4 is 25.7 Å². The molecule has 9 heteroatoms. The Morgan fingerprint density at radius 2 is 1.79 bits per heavy atom. The largest absolute Gasteiger partial charge is 0.496 e. The lowest BCUT2D eigenvalue weighted by atomic mass is 10.0. The number of urea groups is 1. The molecule has 3 aromatic carbocycles. The van der Waals surface area contributed by atoms with Gasteiger partial charge in [-0.2, -0.15) is 0 Å². The maximum Gasteiger partial charge on any atom is 0.360 e. The number of nitrogens with zero attached hydrogens (tertiary/aromatic N) is 1. The molecule has 0 saturated carbocycles. The first-order valence-electron chi connectivity index (χ1n) is 12.8. The van der Waals surface area contributed by atoms with Crippen molar-refractivity contribution >= 4 is 40.0 Å². The van der Waals surface area contributed by atoms with Gasteiger partial charge in [0.1, 0.15) is 28.9 Å². The summed E-state index contributed by atoms with van der Waals surface area (Å²) < 4.78 is 17.3. The van der Waals surface area contributed by atoms with E-state index in [9.17, 15) is 9.59 Å². The molecule has 0 atom stereocenters. The summed E-state index contributed by atoms with van der Waals surface area (Å²) in [6.45, 7) is 3.85. The minimum Gasteiger partial charge on any atom is -0.496 e. The maximum absolute atomic E-state index is 12.8. The second-order valence-electron chi connectivity index (χ2n) is 9.68. The van der Waals surface area contributed by atoms with Crippen LogP contribution in [0.1, 0.15) is 18.4 Å². The smallest absolute Gasteiger partial charge is 0.360 e. The lowest BCUT2D eigenvalue weighted by Gasteiger charge is -2.29. The van der Waals surface area contributed by atoms with Crippen molar-refractivity contribution in [3.63, 3.8) is 0 Å². The third kappa shape index (κ3) is 6.02. The van der Waals surface area contributed by atoms with Gasteiger partial charge in [0.05, 0.1) is 7.11 Å². The van der Waals surface area contributed by atoms with E-state index in [2.05, 4.69) is 22.6 Å². The Morgan fingerprint density at radius 1 is 1.03 bits per heavy atom. The molecule has 8 nitrogen and oxygen atoms in total. The van der Waals surface area contributed by atoms with E-state index in [0.717, 1.165) is 42.6 Å². The molecule has 0 aliphatic carbocycles. The Hall–Kier alpha value is -4.01. The third-order valence-corrected chi connectivity index (χ3v) is 7.14. The summed E-state index contributed by atoms with van der Waals surface area (Å²) in [6.07, 6.45) is 2.03. The second kappa shape index (κ2) is 11.4. The van der Waals surface area contributed by atoms with E-state index >= 15 is 0 Å². The Labute approximate surface area is 231 Å². The van der Waals surface area contributed by atoms with Gasteiger partial charge in [-0.1, -0.05) is 23.7 Å². The first-order chi connectivity index (χ1) is 18.8. The normalized spacial score (nSPS) is 14.3. The zero-order chi connectivity index (χ0) is 27.5. The monoisotopic (exact) mass is 547 g/mol. The summed E-state index contributed by atoms with van der Waals surface area (Å²) in [6, 6.07) is 17.3. The summed E-state index contributed by atoms with van der Waals surface area (Å²) >= 11 is 6.16. The van der Waals surface area contributed by atoms with E-state index < -0.39 is 11.7 Å². The molecule has 4 aromatic rings. The number of methoxy groups -OCH3 is 1. The van der Waals surface area contributed by atoms with Gasteiger partial charge in [-0.25, -0.2) is 9.59 Å². The van der Waals surface area contributed by atoms with Gasteiger partial charge in [-0.3, -0.25) is 0 Å². The predicted molar refractivity (Wildman–Crippen MR) is 154 cm³/mol. The zero-order valence-corrected chi connectivity index (χ0v) is 22.8. The number of anilines is 2. The molecular formula is C30H30ClN3O5. The quantitative estimate of drug-likeness (QED) is 0.266. The minimum atomic E-state index is -0.647. The summed E-state index contributed by atoms with van der Waals surface area (Å²) in [5, 5.41) is 6.65. The fourth-order valence-corrected chi connectivity index (χ4v) is 4.95. The Kier molecular flexibility index (Phi) is 7.77. The van der Waals surface area contributed by atoms with E-state index in [1.807, 2.05) is 37.3 Å². The molecule has 0 unspecified atom stereocenters. The molecule has 1 fully saturated rings. The number of fused-ring (bicyclic) bond motifs is 1. The van der Waals surface area contributed by atoms with Crippen LogP contribution in [0.3, 0.4) is 0 Å². The standard InChI is InChI=1S/C30H30ClN3O5/c1-18-26(38-23-11-13-34(2)14-12-23)9-7-20-16-25(29(35)39-28(18)20)33-30(36)32-22-8-10-27(37-3)24(17-22)19-5-4-6-21(31)15-19/h4-10,15-17,23H,11-14H2,1-3H3,(H2,32,33,36). The molecule has 0 radical (unpaired) electrons. The van der Waals surface area contributed by atoms with Crippen molar-refractivity contribution in [3.05, 3.63) is 81.7 Å². The molecule has 202 valence electrons. The molecule has 1 saturated heterocycles. The van der Waals surface area contributed by atoms with E-state index in [-0.39, 0.29) is 11.8 Å². The number of aryl methyl sites for hydroxylation is 1. The van der Waals surface area contributed by atoms with Gasteiger partial charge >= 0.3 is 11.7 Å². The van der Waals surface area contributed by atoms with Crippen molar-refractivity contribution in [2.24, 2.45) is 0 Å². The van der Waals surface area contributed by atoms with Crippen molar-refractivity contribution in [2.45, 2.75) is 25.9 Å². The van der Waals surface area contributed by atoms with Crippen molar-refractivity contribution in [3.8, 4) is 22.6 Å². The van der Waals surface area contributed by atoms with Crippen LogP contribution in [-0.4, -0.2) is 44.3 Å². The average Bonchev–Trinajstić information content (AvgIpc) is 2.92. The average molecular weight is 548 g/mol. The van der Waals surface area contributed by atoms with Crippen molar-refractivity contribution < 1.29 is 18.7 Å². The number of benzene rings is 3. The molecule has 5 rings (SSSR count). The molecule has 2 amide bonds. The Balaban J connectivity index is 1.33. The molecular weight excluding hydrogens is 518 g/mol. The van der Waals surface area contributed by atoms with Crippen LogP contribution in [-0.2, 0) is 0 Å². The first-order valence-corrected chi connectivity index (χ1v) is 13.1. The highest BCUT2D eigenvalue weighted by atomic mass is 35.5. The highest BCUT2D eigenvalue weighted by Gasteiger charge is 2.20. The van der Waals surface area contributed by atoms with Gasteiger partial charge in [0, 0.05) is 40.3 Å². The topological polar surface area (TPSA) is 93.0 Å². The number of nitrogens with one attached hydrogen (secondary N) is 2. The maximum atomic E-state index is 12.8. The number of carbonyl (C=O) groups is 1. The highest BCUT2D eigenvalue weighted by Crippen LogP contribution is 2.34. The molecule has 2 N–H and O–H groups in total. The van der Waals surface area contributed by atoms with Crippen LogP contribution in [0.5, 0.6) is 11.5 Å². The number of hydrogen-bond acceptors (Lipinski definition) is 6. The van der Waals surface area contributed by atoms with Crippen LogP contribution >= 0.6 is 11.6 Å². The number of piperidine rings is 1. The van der Waals surface area contributed by atoms with Crippen LogP contribution in [0.25, 0.3) is 22.1 Å². The van der Waals surface area contributed by atoms with Gasteiger partial charge in [0.25, 0.3) is 0 Å². The number of rotatable bonds is 6. The van der Waals surface area contributed by atoms with Crippen LogP contribution in [0.2, 0.25) is 5.02 Å². The second-order valence-corrected chi connectivity index (χ2v) is 10.1. The molecule has 1 aliphatic rings. The molecule has 1 aromatic heterocycles. The van der Waals surface area contributed by atoms with E-state index in [1.54, 1.807) is 37.4 Å². The SMILES string of the molecule is COc1ccc(NC(=O)Nc2cc3ccc(OC4CCN(C)CC4)c(C)c3oc2=O)cc1-c1cccc(Cl)c1. The van der Waals surface area contributed by atoms with Gasteiger partial charge in [-0.05, 0) is 80.9 Å². The summed E-state index contributed by atoms with van der Waals surface area (Å²) in [5.74, 6) is 1.33. The molecule has 2 heterocycles. The van der Waals surface area contributed by atoms with Crippen molar-refractivity contribution in [1.82, 2.24) is 4.90 Å². The summed E-state index contributed by atoms with van der Waals surface area (Å²) in [7, 11) is 3.68. The fraction of sp³-hybridized carbons (Fsp3) is 0.267. The lowest BCUT2D eigenvalue weighted by molar-refractivity contribution is 0.113. The Morgan fingerprint density at radius 3 is 2.54 bits per heavy atom. The summed E-state index contributed by atoms with van der Waals surface area (Å²) in [5.41, 5.74) is 2.70. The van der Waals surface area contributed by atoms with Gasteiger partial charge in [0.2, 0.25) is 0 Å². The zero-order valence-electron chi connectivity index (χ0n) is 22.0. The number of hydrogen-bond donors (Lipinski definition) is 2. The molecule has 1 aliphatic heterocycles. The first kappa shape index (κ1) is 26.6. The van der Waals surface area contributed by atoms with Crippen LogP contribution in [0.15, 0.2) is 69.9 Å². The number of halogens is 1. The van der Waals surface area contributed by atoms with Crippen molar-refractivity contribution in [2.75, 3.05) is 37.9 Å². The third-order valence-electron chi connectivity index (χ3n) is 6.90. The van der Waals surface area contributed by atoms with Gasteiger partial charge < -0.3 is 29.4 Å². The lowest BCUT2D eigenvalue weighted by Crippen LogP contribution is -2.35. The summed E-state index contributed by atoms with van der Waals surface area (Å²) in [4.78, 5) is 27.9. The minimum absolute atomic E-state index is 0.0342. The van der Waals surface area contributed by atoms with E-state index in [0.29, 0.717) is 33.2 Å². The van der Waals surface area contributed by atoms with Crippen LogP contribution in [0, 0.1) is 6.92 Å². The number of ether oxygens (including phenoxy) is 2.